The largest absolute Gasteiger partial charge is 0.489 e. The predicted octanol–water partition coefficient (Wildman–Crippen LogP) is 3.15. The fourth-order valence-corrected chi connectivity index (χ4v) is 4.44. The van der Waals surface area contributed by atoms with Crippen molar-refractivity contribution in [3.63, 3.8) is 0 Å². The van der Waals surface area contributed by atoms with Crippen molar-refractivity contribution in [1.29, 1.82) is 0 Å². The van der Waals surface area contributed by atoms with Gasteiger partial charge in [-0.05, 0) is 12.1 Å². The molecule has 1 aliphatic heterocycles. The number of aromatic nitrogens is 2. The topological polar surface area (TPSA) is 84.4 Å². The van der Waals surface area contributed by atoms with E-state index in [9.17, 15) is 17.2 Å². The molecule has 0 spiro atoms. The Balaban J connectivity index is 1.70. The zero-order chi connectivity index (χ0) is 19.0. The van der Waals surface area contributed by atoms with Crippen molar-refractivity contribution in [2.45, 2.75) is 4.90 Å². The maximum absolute atomic E-state index is 14.1. The van der Waals surface area contributed by atoms with E-state index in [4.69, 9.17) is 4.74 Å². The van der Waals surface area contributed by atoms with E-state index >= 15 is 0 Å². The van der Waals surface area contributed by atoms with E-state index in [2.05, 4.69) is 14.7 Å². The summed E-state index contributed by atoms with van der Waals surface area (Å²) in [5.74, 6) is -1.39. The molecule has 2 aromatic heterocycles. The van der Waals surface area contributed by atoms with Gasteiger partial charge in [-0.3, -0.25) is 4.72 Å². The molecular formula is C16H12F2N4O3S2. The van der Waals surface area contributed by atoms with Crippen LogP contribution in [0.3, 0.4) is 0 Å². The van der Waals surface area contributed by atoms with Crippen LogP contribution in [-0.2, 0) is 10.0 Å². The lowest BCUT2D eigenvalue weighted by atomic mass is 10.2. The van der Waals surface area contributed by atoms with Gasteiger partial charge in [0.1, 0.15) is 18.2 Å². The van der Waals surface area contributed by atoms with Gasteiger partial charge in [-0.25, -0.2) is 27.2 Å². The van der Waals surface area contributed by atoms with Gasteiger partial charge in [0.05, 0.1) is 23.3 Å². The van der Waals surface area contributed by atoms with Gasteiger partial charge in [0.25, 0.3) is 10.0 Å². The van der Waals surface area contributed by atoms with Crippen LogP contribution in [0.25, 0.3) is 0 Å². The molecule has 0 saturated heterocycles. The lowest BCUT2D eigenvalue weighted by Crippen LogP contribution is -2.30. The minimum absolute atomic E-state index is 0.0224. The number of nitrogens with zero attached hydrogens (tertiary/aromatic N) is 3. The molecule has 3 aromatic rings. The van der Waals surface area contributed by atoms with Crippen LogP contribution >= 0.6 is 11.3 Å². The Morgan fingerprint density at radius 3 is 2.81 bits per heavy atom. The van der Waals surface area contributed by atoms with Crippen molar-refractivity contribution in [3.8, 4) is 5.75 Å². The Kier molecular flexibility index (Phi) is 4.40. The van der Waals surface area contributed by atoms with Gasteiger partial charge in [-0.2, -0.15) is 0 Å². The maximum Gasteiger partial charge on any atom is 0.263 e. The Hall–Kier alpha value is -2.79. The average Bonchev–Trinajstić information content (AvgIpc) is 3.13. The Morgan fingerprint density at radius 2 is 2.07 bits per heavy atom. The second kappa shape index (κ2) is 6.74. The SMILES string of the molecule is O=S(=O)(Nc1nccs1)c1ccc2c(c1)OCCN2c1ncc(F)cc1F. The van der Waals surface area contributed by atoms with Crippen molar-refractivity contribution in [2.75, 3.05) is 22.8 Å². The van der Waals surface area contributed by atoms with Crippen molar-refractivity contribution < 1.29 is 21.9 Å². The summed E-state index contributed by atoms with van der Waals surface area (Å²) in [6.07, 6.45) is 2.41. The number of ether oxygens (including phenoxy) is 1. The Bertz CT molecular complexity index is 1090. The van der Waals surface area contributed by atoms with E-state index in [1.165, 1.54) is 29.3 Å². The third-order valence-electron chi connectivity index (χ3n) is 3.80. The molecule has 0 radical (unpaired) electrons. The summed E-state index contributed by atoms with van der Waals surface area (Å²) in [6.45, 7) is 0.473. The summed E-state index contributed by atoms with van der Waals surface area (Å²) < 4.78 is 60.2. The predicted molar refractivity (Wildman–Crippen MR) is 96.0 cm³/mol. The van der Waals surface area contributed by atoms with Crippen LogP contribution in [0.4, 0.5) is 25.4 Å². The standard InChI is InChI=1S/C16H12F2N4O3S2/c17-10-7-12(18)15(20-9-10)22-4-5-25-14-8-11(1-2-13(14)22)27(23,24)21-16-19-3-6-26-16/h1-3,6-9H,4-5H2,(H,19,21). The van der Waals surface area contributed by atoms with Crippen molar-refractivity contribution >= 4 is 38.0 Å². The first-order chi connectivity index (χ1) is 12.9. The van der Waals surface area contributed by atoms with Crippen LogP contribution in [-0.4, -0.2) is 31.5 Å². The molecule has 1 N–H and O–H groups in total. The van der Waals surface area contributed by atoms with Crippen LogP contribution in [0.2, 0.25) is 0 Å². The molecule has 0 saturated carbocycles. The zero-order valence-electron chi connectivity index (χ0n) is 13.6. The molecule has 0 bridgehead atoms. The summed E-state index contributed by atoms with van der Waals surface area (Å²) in [6, 6.07) is 4.96. The monoisotopic (exact) mass is 410 g/mol. The van der Waals surface area contributed by atoms with E-state index in [1.54, 1.807) is 5.38 Å². The van der Waals surface area contributed by atoms with Gasteiger partial charge >= 0.3 is 0 Å². The van der Waals surface area contributed by atoms with E-state index in [0.29, 0.717) is 5.69 Å². The average molecular weight is 410 g/mol. The molecule has 140 valence electrons. The van der Waals surface area contributed by atoms with Crippen molar-refractivity contribution in [3.05, 3.63) is 53.7 Å². The Labute approximate surface area is 157 Å². The first kappa shape index (κ1) is 17.6. The van der Waals surface area contributed by atoms with E-state index in [1.807, 2.05) is 0 Å². The number of thiazole rings is 1. The number of halogens is 2. The minimum atomic E-state index is -3.85. The van der Waals surface area contributed by atoms with Gasteiger partial charge in [0, 0.05) is 23.7 Å². The molecule has 0 atom stereocenters. The number of sulfonamides is 1. The van der Waals surface area contributed by atoms with Crippen LogP contribution in [0.15, 0.2) is 46.9 Å². The number of pyridine rings is 1. The number of anilines is 3. The van der Waals surface area contributed by atoms with Crippen LogP contribution < -0.4 is 14.4 Å². The lowest BCUT2D eigenvalue weighted by molar-refractivity contribution is 0.312. The lowest BCUT2D eigenvalue weighted by Gasteiger charge is -2.30. The van der Waals surface area contributed by atoms with Gasteiger partial charge in [0.2, 0.25) is 0 Å². The second-order valence-electron chi connectivity index (χ2n) is 5.53. The molecule has 0 amide bonds. The first-order valence-electron chi connectivity index (χ1n) is 7.72. The highest BCUT2D eigenvalue weighted by Gasteiger charge is 2.26. The summed E-state index contributed by atoms with van der Waals surface area (Å²) in [7, 11) is -3.85. The highest BCUT2D eigenvalue weighted by atomic mass is 32.2. The molecular weight excluding hydrogens is 398 g/mol. The van der Waals surface area contributed by atoms with Gasteiger partial charge in [-0.15, -0.1) is 11.3 Å². The molecule has 0 aliphatic carbocycles. The van der Waals surface area contributed by atoms with Crippen LogP contribution in [0.1, 0.15) is 0 Å². The summed E-state index contributed by atoms with van der Waals surface area (Å²) in [5.41, 5.74) is 0.437. The number of fused-ring (bicyclic) bond motifs is 1. The number of nitrogens with one attached hydrogen (secondary N) is 1. The zero-order valence-corrected chi connectivity index (χ0v) is 15.2. The van der Waals surface area contributed by atoms with Gasteiger partial charge < -0.3 is 9.64 Å². The molecule has 1 aromatic carbocycles. The van der Waals surface area contributed by atoms with Gasteiger partial charge in [-0.1, -0.05) is 0 Å². The molecule has 0 unspecified atom stereocenters. The van der Waals surface area contributed by atoms with E-state index < -0.39 is 21.7 Å². The molecule has 0 fully saturated rings. The van der Waals surface area contributed by atoms with Crippen molar-refractivity contribution in [2.24, 2.45) is 0 Å². The number of rotatable bonds is 4. The highest BCUT2D eigenvalue weighted by molar-refractivity contribution is 7.93. The highest BCUT2D eigenvalue weighted by Crippen LogP contribution is 2.38. The van der Waals surface area contributed by atoms with Crippen molar-refractivity contribution in [1.82, 2.24) is 9.97 Å². The Morgan fingerprint density at radius 1 is 1.22 bits per heavy atom. The molecule has 27 heavy (non-hydrogen) atoms. The minimum Gasteiger partial charge on any atom is -0.489 e. The van der Waals surface area contributed by atoms with E-state index in [0.717, 1.165) is 23.6 Å². The van der Waals surface area contributed by atoms with Crippen LogP contribution in [0, 0.1) is 11.6 Å². The summed E-state index contributed by atoms with van der Waals surface area (Å²) >= 11 is 1.15. The third kappa shape index (κ3) is 3.43. The molecule has 4 rings (SSSR count). The van der Waals surface area contributed by atoms with Gasteiger partial charge in [0.15, 0.2) is 16.8 Å². The maximum atomic E-state index is 14.1. The number of benzene rings is 1. The fourth-order valence-electron chi connectivity index (χ4n) is 2.64. The quantitative estimate of drug-likeness (QED) is 0.711. The first-order valence-corrected chi connectivity index (χ1v) is 10.1. The smallest absolute Gasteiger partial charge is 0.263 e. The summed E-state index contributed by atoms with van der Waals surface area (Å²) in [5, 5.41) is 1.89. The normalized spacial score (nSPS) is 13.8. The number of hydrogen-bond acceptors (Lipinski definition) is 7. The molecule has 3 heterocycles. The summed E-state index contributed by atoms with van der Waals surface area (Å²) in [4.78, 5) is 9.19. The molecule has 11 heteroatoms. The van der Waals surface area contributed by atoms with E-state index in [-0.39, 0.29) is 34.7 Å². The fraction of sp³-hybridized carbons (Fsp3) is 0.125. The molecule has 1 aliphatic rings. The molecule has 7 nitrogen and oxygen atoms in total. The third-order valence-corrected chi connectivity index (χ3v) is 5.96. The number of hydrogen-bond donors (Lipinski definition) is 1. The van der Waals surface area contributed by atoms with Crippen LogP contribution in [0.5, 0.6) is 5.75 Å². The second-order valence-corrected chi connectivity index (χ2v) is 8.11.